The van der Waals surface area contributed by atoms with Crippen LogP contribution < -0.4 is 10.6 Å². The minimum absolute atomic E-state index is 0.276. The molecule has 2 amide bonds. The van der Waals surface area contributed by atoms with Gasteiger partial charge in [-0.05, 0) is 72.3 Å². The number of aromatic nitrogens is 5. The summed E-state index contributed by atoms with van der Waals surface area (Å²) in [5, 5.41) is 10.6. The number of nitrogens with one attached hydrogen (secondary N) is 2. The second-order valence-corrected chi connectivity index (χ2v) is 7.43. The lowest BCUT2D eigenvalue weighted by Crippen LogP contribution is -2.28. The molecule has 0 bridgehead atoms. The van der Waals surface area contributed by atoms with Crippen LogP contribution in [-0.4, -0.2) is 30.8 Å². The van der Waals surface area contributed by atoms with Crippen molar-refractivity contribution >= 4 is 23.5 Å². The van der Waals surface area contributed by atoms with E-state index in [1.165, 1.54) is 11.8 Å². The van der Waals surface area contributed by atoms with Gasteiger partial charge in [-0.25, -0.2) is 24.4 Å². The second-order valence-electron chi connectivity index (χ2n) is 6.39. The van der Waals surface area contributed by atoms with E-state index in [1.54, 1.807) is 35.5 Å². The van der Waals surface area contributed by atoms with E-state index in [0.29, 0.717) is 17.5 Å². The highest BCUT2D eigenvalue weighted by molar-refractivity contribution is 7.99. The molecule has 1 aromatic carbocycles. The Hall–Kier alpha value is -3.72. The fourth-order valence-corrected chi connectivity index (χ4v) is 3.54. The van der Waals surface area contributed by atoms with Gasteiger partial charge in [0.05, 0.1) is 0 Å². The molecule has 0 spiro atoms. The lowest BCUT2D eigenvalue weighted by Gasteiger charge is -2.11. The van der Waals surface area contributed by atoms with Gasteiger partial charge in [-0.1, -0.05) is 0 Å². The van der Waals surface area contributed by atoms with E-state index in [2.05, 4.69) is 30.7 Å². The Morgan fingerprint density at radius 2 is 1.90 bits per heavy atom. The molecule has 4 rings (SSSR count). The smallest absolute Gasteiger partial charge is 0.319 e. The van der Waals surface area contributed by atoms with Crippen molar-refractivity contribution in [1.29, 1.82) is 0 Å². The van der Waals surface area contributed by atoms with Crippen LogP contribution in [0.5, 0.6) is 0 Å². The summed E-state index contributed by atoms with van der Waals surface area (Å²) in [6.45, 7) is 2.33. The largest absolute Gasteiger partial charge is 0.334 e. The molecular formula is C21H19N7OS. The quantitative estimate of drug-likeness (QED) is 0.463. The van der Waals surface area contributed by atoms with Gasteiger partial charge in [0.2, 0.25) is 0 Å². The molecule has 0 fully saturated rings. The molecule has 0 saturated carbocycles. The van der Waals surface area contributed by atoms with Crippen molar-refractivity contribution in [2.75, 3.05) is 5.32 Å². The minimum atomic E-state index is -0.276. The number of hydrogen-bond donors (Lipinski definition) is 2. The number of benzene rings is 1. The highest BCUT2D eigenvalue weighted by Crippen LogP contribution is 2.27. The molecule has 4 aromatic rings. The van der Waals surface area contributed by atoms with Crippen molar-refractivity contribution in [1.82, 2.24) is 30.0 Å². The molecule has 0 aliphatic rings. The third kappa shape index (κ3) is 5.00. The van der Waals surface area contributed by atoms with E-state index in [0.717, 1.165) is 21.7 Å². The Morgan fingerprint density at radius 1 is 1.03 bits per heavy atom. The topological polar surface area (TPSA) is 97.6 Å². The molecule has 3 aromatic heterocycles. The van der Waals surface area contributed by atoms with Crippen molar-refractivity contribution < 1.29 is 4.79 Å². The van der Waals surface area contributed by atoms with E-state index in [9.17, 15) is 4.79 Å². The Bertz CT molecular complexity index is 1130. The Kier molecular flexibility index (Phi) is 6.00. The first-order valence-corrected chi connectivity index (χ1v) is 10.0. The normalized spacial score (nSPS) is 10.6. The van der Waals surface area contributed by atoms with Gasteiger partial charge in [-0.15, -0.1) is 0 Å². The molecule has 0 aliphatic carbocycles. The third-order valence-corrected chi connectivity index (χ3v) is 5.08. The maximum absolute atomic E-state index is 12.3. The highest BCUT2D eigenvalue weighted by atomic mass is 32.2. The number of amides is 2. The summed E-state index contributed by atoms with van der Waals surface area (Å²) in [6.07, 6.45) is 8.63. The first kappa shape index (κ1) is 19.6. The summed E-state index contributed by atoms with van der Waals surface area (Å²) in [4.78, 5) is 26.1. The van der Waals surface area contributed by atoms with Gasteiger partial charge < -0.3 is 10.6 Å². The molecule has 150 valence electrons. The van der Waals surface area contributed by atoms with Crippen LogP contribution in [0.4, 0.5) is 10.5 Å². The van der Waals surface area contributed by atoms with Gasteiger partial charge in [0, 0.05) is 48.1 Å². The molecule has 0 saturated heterocycles. The third-order valence-electron chi connectivity index (χ3n) is 4.20. The number of carbonyl (C=O) groups is 1. The van der Waals surface area contributed by atoms with Crippen LogP contribution in [0.25, 0.3) is 5.82 Å². The van der Waals surface area contributed by atoms with Crippen molar-refractivity contribution in [3.05, 3.63) is 84.6 Å². The van der Waals surface area contributed by atoms with Gasteiger partial charge in [0.1, 0.15) is 0 Å². The minimum Gasteiger partial charge on any atom is -0.334 e. The van der Waals surface area contributed by atoms with Crippen LogP contribution in [-0.2, 0) is 6.54 Å². The van der Waals surface area contributed by atoms with E-state index in [1.807, 2.05) is 49.5 Å². The summed E-state index contributed by atoms with van der Waals surface area (Å²) in [5.41, 5.74) is 2.63. The maximum Gasteiger partial charge on any atom is 0.319 e. The summed E-state index contributed by atoms with van der Waals surface area (Å²) >= 11 is 1.47. The number of anilines is 1. The molecule has 30 heavy (non-hydrogen) atoms. The number of nitrogens with zero attached hydrogens (tertiary/aromatic N) is 5. The van der Waals surface area contributed by atoms with Crippen LogP contribution in [0.2, 0.25) is 0 Å². The van der Waals surface area contributed by atoms with E-state index in [4.69, 9.17) is 0 Å². The first-order valence-electron chi connectivity index (χ1n) is 9.23. The van der Waals surface area contributed by atoms with Gasteiger partial charge in [-0.2, -0.15) is 5.10 Å². The van der Waals surface area contributed by atoms with E-state index < -0.39 is 0 Å². The van der Waals surface area contributed by atoms with Gasteiger partial charge >= 0.3 is 6.03 Å². The zero-order valence-electron chi connectivity index (χ0n) is 16.2. The van der Waals surface area contributed by atoms with Crippen LogP contribution in [0, 0.1) is 6.92 Å². The number of urea groups is 1. The van der Waals surface area contributed by atoms with Gasteiger partial charge in [-0.3, -0.25) is 0 Å². The lowest BCUT2D eigenvalue weighted by atomic mass is 10.2. The van der Waals surface area contributed by atoms with Crippen molar-refractivity contribution in [3.8, 4) is 5.82 Å². The Balaban J connectivity index is 1.34. The monoisotopic (exact) mass is 417 g/mol. The van der Waals surface area contributed by atoms with E-state index >= 15 is 0 Å². The number of hydrogen-bond acceptors (Lipinski definition) is 6. The molecule has 2 N–H and O–H groups in total. The second kappa shape index (κ2) is 9.19. The average Bonchev–Trinajstić information content (AvgIpc) is 3.30. The molecule has 9 heteroatoms. The molecule has 0 aliphatic heterocycles. The zero-order chi connectivity index (χ0) is 20.8. The lowest BCUT2D eigenvalue weighted by molar-refractivity contribution is 0.251. The zero-order valence-corrected chi connectivity index (χ0v) is 17.0. The molecule has 0 unspecified atom stereocenters. The molecule has 0 atom stereocenters. The number of pyridine rings is 1. The van der Waals surface area contributed by atoms with Crippen LogP contribution in [0.15, 0.2) is 83.5 Å². The Morgan fingerprint density at radius 3 is 2.67 bits per heavy atom. The number of aryl methyl sites for hydroxylation is 1. The predicted molar refractivity (Wildman–Crippen MR) is 115 cm³/mol. The van der Waals surface area contributed by atoms with Crippen molar-refractivity contribution in [3.63, 3.8) is 0 Å². The van der Waals surface area contributed by atoms with Gasteiger partial charge in [0.25, 0.3) is 0 Å². The SMILES string of the molecule is Cc1cc(Sc2ncccn2)ccc1NC(=O)NCc1ccnc(-n2cccn2)c1. The molecule has 0 radical (unpaired) electrons. The first-order chi connectivity index (χ1) is 14.7. The molecule has 3 heterocycles. The molecular weight excluding hydrogens is 398 g/mol. The highest BCUT2D eigenvalue weighted by Gasteiger charge is 2.08. The maximum atomic E-state index is 12.3. The average molecular weight is 417 g/mol. The fraction of sp³-hybridized carbons (Fsp3) is 0.0952. The number of carbonyl (C=O) groups excluding carboxylic acids is 1. The standard InChI is InChI=1S/C21H19N7OS/c1-15-12-17(30-21-23-7-2-8-24-21)4-5-18(15)27-20(29)25-14-16-6-10-22-19(13-16)28-11-3-9-26-28/h2-13H,14H2,1H3,(H2,25,27,29). The van der Waals surface area contributed by atoms with Crippen LogP contribution in [0.3, 0.4) is 0 Å². The van der Waals surface area contributed by atoms with Gasteiger partial charge in [0.15, 0.2) is 11.0 Å². The van der Waals surface area contributed by atoms with Crippen LogP contribution >= 0.6 is 11.8 Å². The summed E-state index contributed by atoms with van der Waals surface area (Å²) in [6, 6.07) is 12.9. The summed E-state index contributed by atoms with van der Waals surface area (Å²) < 4.78 is 1.67. The Labute approximate surface area is 177 Å². The summed E-state index contributed by atoms with van der Waals surface area (Å²) in [7, 11) is 0. The summed E-state index contributed by atoms with van der Waals surface area (Å²) in [5.74, 6) is 0.700. The number of rotatable bonds is 6. The molecule has 8 nitrogen and oxygen atoms in total. The van der Waals surface area contributed by atoms with E-state index in [-0.39, 0.29) is 6.03 Å². The van der Waals surface area contributed by atoms with Crippen LogP contribution in [0.1, 0.15) is 11.1 Å². The fourth-order valence-electron chi connectivity index (χ4n) is 2.73. The predicted octanol–water partition coefficient (Wildman–Crippen LogP) is 3.84. The van der Waals surface area contributed by atoms with Crippen molar-refractivity contribution in [2.45, 2.75) is 23.5 Å². The van der Waals surface area contributed by atoms with Crippen molar-refractivity contribution in [2.24, 2.45) is 0 Å².